The molecular formula is C9H12NO. The quantitative estimate of drug-likeness (QED) is 0.593. The molecular weight excluding hydrogens is 138 g/mol. The largest absolute Gasteiger partial charge is 0.492 e. The van der Waals surface area contributed by atoms with Gasteiger partial charge in [-0.1, -0.05) is 18.2 Å². The minimum Gasteiger partial charge on any atom is -0.492 e. The van der Waals surface area contributed by atoms with Crippen molar-refractivity contribution in [2.45, 2.75) is 0 Å². The van der Waals surface area contributed by atoms with Crippen molar-refractivity contribution in [2.75, 3.05) is 20.2 Å². The second-order valence-electron chi connectivity index (χ2n) is 2.20. The maximum Gasteiger partial charge on any atom is 0.119 e. The number of hydrogen-bond donors (Lipinski definition) is 0. The molecule has 59 valence electrons. The van der Waals surface area contributed by atoms with Gasteiger partial charge in [-0.25, -0.2) is 5.32 Å². The van der Waals surface area contributed by atoms with Crippen LogP contribution in [0.1, 0.15) is 0 Å². The lowest BCUT2D eigenvalue weighted by molar-refractivity contribution is 0.317. The van der Waals surface area contributed by atoms with Crippen molar-refractivity contribution in [1.29, 1.82) is 0 Å². The van der Waals surface area contributed by atoms with Crippen molar-refractivity contribution in [1.82, 2.24) is 5.32 Å². The first-order valence-electron chi connectivity index (χ1n) is 3.67. The molecule has 0 N–H and O–H groups in total. The minimum atomic E-state index is 0.667. The standard InChI is InChI=1S/C9H12NO/c1-10-7-8-11-9-5-3-2-4-6-9/h2-6H,7-8H2,1H3. The van der Waals surface area contributed by atoms with Gasteiger partial charge in [0.05, 0.1) is 0 Å². The van der Waals surface area contributed by atoms with Gasteiger partial charge in [0.1, 0.15) is 12.4 Å². The number of benzene rings is 1. The first-order chi connectivity index (χ1) is 5.43. The van der Waals surface area contributed by atoms with Gasteiger partial charge in [-0.3, -0.25) is 0 Å². The SMILES string of the molecule is C[N]CCOc1ccccc1. The van der Waals surface area contributed by atoms with E-state index in [4.69, 9.17) is 4.74 Å². The lowest BCUT2D eigenvalue weighted by Gasteiger charge is -2.03. The molecule has 1 radical (unpaired) electrons. The molecule has 2 nitrogen and oxygen atoms in total. The normalized spacial score (nSPS) is 9.55. The molecule has 1 aromatic rings. The molecule has 0 unspecified atom stereocenters. The molecule has 0 bridgehead atoms. The molecule has 1 rings (SSSR count). The van der Waals surface area contributed by atoms with E-state index in [9.17, 15) is 0 Å². The zero-order valence-corrected chi connectivity index (χ0v) is 6.66. The molecule has 0 aromatic heterocycles. The van der Waals surface area contributed by atoms with Crippen LogP contribution in [0.5, 0.6) is 5.75 Å². The Bertz CT molecular complexity index is 186. The Morgan fingerprint density at radius 2 is 2.00 bits per heavy atom. The Hall–Kier alpha value is -1.02. The molecule has 0 heterocycles. The van der Waals surface area contributed by atoms with Gasteiger partial charge in [0.25, 0.3) is 0 Å². The maximum absolute atomic E-state index is 5.35. The van der Waals surface area contributed by atoms with E-state index in [1.54, 1.807) is 7.05 Å². The lowest BCUT2D eigenvalue weighted by Crippen LogP contribution is -2.10. The van der Waals surface area contributed by atoms with Gasteiger partial charge < -0.3 is 4.74 Å². The summed E-state index contributed by atoms with van der Waals surface area (Å²) in [5, 5.41) is 3.93. The third kappa shape index (κ3) is 3.05. The van der Waals surface area contributed by atoms with Crippen LogP contribution < -0.4 is 10.1 Å². The molecule has 1 aromatic carbocycles. The fraction of sp³-hybridized carbons (Fsp3) is 0.333. The third-order valence-corrected chi connectivity index (χ3v) is 1.33. The van der Waals surface area contributed by atoms with Crippen molar-refractivity contribution in [3.05, 3.63) is 30.3 Å². The Balaban J connectivity index is 2.28. The third-order valence-electron chi connectivity index (χ3n) is 1.33. The van der Waals surface area contributed by atoms with Gasteiger partial charge >= 0.3 is 0 Å². The van der Waals surface area contributed by atoms with Crippen LogP contribution in [0.3, 0.4) is 0 Å². The number of ether oxygens (including phenoxy) is 1. The van der Waals surface area contributed by atoms with Crippen LogP contribution in [0.2, 0.25) is 0 Å². The maximum atomic E-state index is 5.35. The molecule has 0 spiro atoms. The molecule has 0 aliphatic rings. The van der Waals surface area contributed by atoms with E-state index < -0.39 is 0 Å². The van der Waals surface area contributed by atoms with Crippen LogP contribution in [0, 0.1) is 0 Å². The lowest BCUT2D eigenvalue weighted by atomic mass is 10.3. The van der Waals surface area contributed by atoms with E-state index >= 15 is 0 Å². The van der Waals surface area contributed by atoms with Gasteiger partial charge in [0.2, 0.25) is 0 Å². The fourth-order valence-corrected chi connectivity index (χ4v) is 0.772. The number of nitrogens with zero attached hydrogens (tertiary/aromatic N) is 1. The first-order valence-corrected chi connectivity index (χ1v) is 3.67. The number of likely N-dealkylation sites (N-methyl/N-ethyl adjacent to an activating group) is 1. The highest BCUT2D eigenvalue weighted by Gasteiger charge is 1.88. The van der Waals surface area contributed by atoms with E-state index in [0.29, 0.717) is 6.61 Å². The van der Waals surface area contributed by atoms with Gasteiger partial charge in [-0.05, 0) is 12.1 Å². The van der Waals surface area contributed by atoms with E-state index in [-0.39, 0.29) is 0 Å². The van der Waals surface area contributed by atoms with Crippen LogP contribution in [0.15, 0.2) is 30.3 Å². The van der Waals surface area contributed by atoms with Crippen molar-refractivity contribution >= 4 is 0 Å². The zero-order chi connectivity index (χ0) is 7.94. The molecule has 0 saturated heterocycles. The highest BCUT2D eigenvalue weighted by Crippen LogP contribution is 2.07. The summed E-state index contributed by atoms with van der Waals surface area (Å²) in [5.74, 6) is 0.913. The van der Waals surface area contributed by atoms with E-state index in [1.165, 1.54) is 0 Å². The highest BCUT2D eigenvalue weighted by molar-refractivity contribution is 5.20. The molecule has 0 aliphatic carbocycles. The molecule has 0 atom stereocenters. The average molecular weight is 150 g/mol. The summed E-state index contributed by atoms with van der Waals surface area (Å²) >= 11 is 0. The second kappa shape index (κ2) is 4.74. The average Bonchev–Trinajstić information content (AvgIpc) is 2.07. The molecule has 0 aliphatic heterocycles. The van der Waals surface area contributed by atoms with Crippen molar-refractivity contribution in [3.8, 4) is 5.75 Å². The predicted molar refractivity (Wildman–Crippen MR) is 44.9 cm³/mol. The summed E-state index contributed by atoms with van der Waals surface area (Å²) < 4.78 is 5.35. The van der Waals surface area contributed by atoms with Gasteiger partial charge in [-0.15, -0.1) is 0 Å². The summed E-state index contributed by atoms with van der Waals surface area (Å²) in [7, 11) is 1.79. The summed E-state index contributed by atoms with van der Waals surface area (Å²) in [4.78, 5) is 0. The van der Waals surface area contributed by atoms with Crippen molar-refractivity contribution < 1.29 is 4.74 Å². The molecule has 0 saturated carbocycles. The summed E-state index contributed by atoms with van der Waals surface area (Å²) in [6, 6.07) is 9.76. The van der Waals surface area contributed by atoms with Crippen LogP contribution >= 0.6 is 0 Å². The van der Waals surface area contributed by atoms with E-state index in [1.807, 2.05) is 30.3 Å². The fourth-order valence-electron chi connectivity index (χ4n) is 0.772. The van der Waals surface area contributed by atoms with E-state index in [2.05, 4.69) is 5.32 Å². The number of para-hydroxylation sites is 1. The zero-order valence-electron chi connectivity index (χ0n) is 6.66. The van der Waals surface area contributed by atoms with Gasteiger partial charge in [-0.2, -0.15) is 0 Å². The Kier molecular flexibility index (Phi) is 3.48. The Labute approximate surface area is 67.2 Å². The predicted octanol–water partition coefficient (Wildman–Crippen LogP) is 1.30. The van der Waals surface area contributed by atoms with Crippen LogP contribution in [0.4, 0.5) is 0 Å². The summed E-state index contributed by atoms with van der Waals surface area (Å²) in [5.41, 5.74) is 0. The number of rotatable bonds is 4. The Morgan fingerprint density at radius 3 is 2.64 bits per heavy atom. The van der Waals surface area contributed by atoms with Crippen molar-refractivity contribution in [2.24, 2.45) is 0 Å². The molecule has 0 amide bonds. The topological polar surface area (TPSA) is 23.3 Å². The monoisotopic (exact) mass is 150 g/mol. The molecule has 2 heteroatoms. The smallest absolute Gasteiger partial charge is 0.119 e. The van der Waals surface area contributed by atoms with Gasteiger partial charge in [0, 0.05) is 13.6 Å². The number of hydrogen-bond acceptors (Lipinski definition) is 1. The summed E-state index contributed by atoms with van der Waals surface area (Å²) in [6.45, 7) is 1.43. The molecule has 11 heavy (non-hydrogen) atoms. The van der Waals surface area contributed by atoms with Crippen molar-refractivity contribution in [3.63, 3.8) is 0 Å². The molecule has 0 fully saturated rings. The van der Waals surface area contributed by atoms with Crippen LogP contribution in [0.25, 0.3) is 0 Å². The van der Waals surface area contributed by atoms with Crippen LogP contribution in [-0.2, 0) is 0 Å². The minimum absolute atomic E-state index is 0.667. The highest BCUT2D eigenvalue weighted by atomic mass is 16.5. The summed E-state index contributed by atoms with van der Waals surface area (Å²) in [6.07, 6.45) is 0. The van der Waals surface area contributed by atoms with Crippen LogP contribution in [-0.4, -0.2) is 20.2 Å². The second-order valence-corrected chi connectivity index (χ2v) is 2.20. The first kappa shape index (κ1) is 8.08. The Morgan fingerprint density at radius 1 is 1.27 bits per heavy atom. The van der Waals surface area contributed by atoms with Gasteiger partial charge in [0.15, 0.2) is 0 Å². The van der Waals surface area contributed by atoms with E-state index in [0.717, 1.165) is 12.3 Å².